The van der Waals surface area contributed by atoms with Crippen LogP contribution < -0.4 is 4.74 Å². The highest BCUT2D eigenvalue weighted by Gasteiger charge is 2.15. The van der Waals surface area contributed by atoms with Crippen LogP contribution in [0, 0.1) is 0 Å². The number of para-hydroxylation sites is 1. The number of ether oxygens (including phenoxy) is 2. The molecule has 1 unspecified atom stereocenters. The van der Waals surface area contributed by atoms with Gasteiger partial charge in [-0.2, -0.15) is 0 Å². The van der Waals surface area contributed by atoms with E-state index >= 15 is 0 Å². The maximum Gasteiger partial charge on any atom is 0.303 e. The van der Waals surface area contributed by atoms with Crippen molar-refractivity contribution < 1.29 is 19.1 Å². The molecule has 16 heavy (non-hydrogen) atoms. The summed E-state index contributed by atoms with van der Waals surface area (Å²) in [5, 5.41) is 0. The van der Waals surface area contributed by atoms with E-state index < -0.39 is 12.1 Å². The lowest BCUT2D eigenvalue weighted by molar-refractivity contribution is -0.147. The highest BCUT2D eigenvalue weighted by atomic mass is 16.5. The number of carbonyl (C=O) groups is 2. The second-order valence-corrected chi connectivity index (χ2v) is 3.32. The fourth-order valence-electron chi connectivity index (χ4n) is 1.06. The van der Waals surface area contributed by atoms with E-state index in [1.165, 1.54) is 6.92 Å². The number of benzene rings is 1. The van der Waals surface area contributed by atoms with E-state index in [0.717, 1.165) is 0 Å². The SMILES string of the molecule is CC(=O)OCC(=O)C(C)Oc1ccccc1. The molecular formula is C12H14O4. The first-order chi connectivity index (χ1) is 7.59. The molecule has 0 aliphatic heterocycles. The molecule has 1 aromatic carbocycles. The smallest absolute Gasteiger partial charge is 0.303 e. The van der Waals surface area contributed by atoms with Crippen LogP contribution in [0.5, 0.6) is 5.75 Å². The minimum absolute atomic E-state index is 0.247. The van der Waals surface area contributed by atoms with Gasteiger partial charge in [-0.25, -0.2) is 0 Å². The second-order valence-electron chi connectivity index (χ2n) is 3.32. The molecule has 1 atom stereocenters. The zero-order valence-electron chi connectivity index (χ0n) is 9.30. The molecule has 4 nitrogen and oxygen atoms in total. The normalized spacial score (nSPS) is 11.6. The minimum Gasteiger partial charge on any atom is -0.483 e. The molecule has 0 saturated carbocycles. The fraction of sp³-hybridized carbons (Fsp3) is 0.333. The molecular weight excluding hydrogens is 208 g/mol. The summed E-state index contributed by atoms with van der Waals surface area (Å²) < 4.78 is 9.96. The Kier molecular flexibility index (Phi) is 4.51. The summed E-state index contributed by atoms with van der Waals surface area (Å²) in [5.41, 5.74) is 0. The molecule has 1 rings (SSSR count). The van der Waals surface area contributed by atoms with Crippen molar-refractivity contribution in [2.75, 3.05) is 6.61 Å². The van der Waals surface area contributed by atoms with Crippen molar-refractivity contribution >= 4 is 11.8 Å². The van der Waals surface area contributed by atoms with E-state index in [-0.39, 0.29) is 12.4 Å². The predicted octanol–water partition coefficient (Wildman–Crippen LogP) is 1.59. The Morgan fingerprint density at radius 3 is 2.44 bits per heavy atom. The Labute approximate surface area is 94.2 Å². The standard InChI is InChI=1S/C12H14O4/c1-9(12(14)8-15-10(2)13)16-11-6-4-3-5-7-11/h3-7,9H,8H2,1-2H3. The monoisotopic (exact) mass is 222 g/mol. The Hall–Kier alpha value is -1.84. The molecule has 0 aliphatic rings. The minimum atomic E-state index is -0.623. The van der Waals surface area contributed by atoms with E-state index in [2.05, 4.69) is 4.74 Å². The first-order valence-electron chi connectivity index (χ1n) is 4.97. The summed E-state index contributed by atoms with van der Waals surface area (Å²) in [6.07, 6.45) is -0.623. The van der Waals surface area contributed by atoms with Gasteiger partial charge in [-0.3, -0.25) is 9.59 Å². The molecule has 0 N–H and O–H groups in total. The number of ketones is 1. The zero-order valence-corrected chi connectivity index (χ0v) is 9.30. The highest BCUT2D eigenvalue weighted by Crippen LogP contribution is 2.11. The van der Waals surface area contributed by atoms with Crippen LogP contribution in [0.3, 0.4) is 0 Å². The van der Waals surface area contributed by atoms with Gasteiger partial charge in [-0.15, -0.1) is 0 Å². The van der Waals surface area contributed by atoms with Crippen molar-refractivity contribution in [1.82, 2.24) is 0 Å². The maximum absolute atomic E-state index is 11.4. The molecule has 0 fully saturated rings. The van der Waals surface area contributed by atoms with Crippen LogP contribution >= 0.6 is 0 Å². The number of Topliss-reactive ketones (excluding diaryl/α,β-unsaturated/α-hetero) is 1. The van der Waals surface area contributed by atoms with Gasteiger partial charge in [0.25, 0.3) is 0 Å². The van der Waals surface area contributed by atoms with Crippen LogP contribution in [0.25, 0.3) is 0 Å². The van der Waals surface area contributed by atoms with Gasteiger partial charge in [0.05, 0.1) is 0 Å². The highest BCUT2D eigenvalue weighted by molar-refractivity contribution is 5.85. The molecule has 0 aromatic heterocycles. The average Bonchev–Trinajstić information content (AvgIpc) is 2.27. The zero-order chi connectivity index (χ0) is 12.0. The van der Waals surface area contributed by atoms with Crippen molar-refractivity contribution in [2.45, 2.75) is 20.0 Å². The van der Waals surface area contributed by atoms with Crippen molar-refractivity contribution in [3.8, 4) is 5.75 Å². The average molecular weight is 222 g/mol. The number of esters is 1. The summed E-state index contributed by atoms with van der Waals surface area (Å²) in [6, 6.07) is 9.01. The van der Waals surface area contributed by atoms with Crippen LogP contribution in [-0.4, -0.2) is 24.5 Å². The molecule has 86 valence electrons. The van der Waals surface area contributed by atoms with Crippen LogP contribution in [0.2, 0.25) is 0 Å². The van der Waals surface area contributed by atoms with E-state index in [0.29, 0.717) is 5.75 Å². The van der Waals surface area contributed by atoms with Crippen LogP contribution in [-0.2, 0) is 14.3 Å². The van der Waals surface area contributed by atoms with E-state index in [1.807, 2.05) is 18.2 Å². The van der Waals surface area contributed by atoms with Gasteiger partial charge in [-0.1, -0.05) is 18.2 Å². The van der Waals surface area contributed by atoms with Gasteiger partial charge in [0.15, 0.2) is 12.7 Å². The first kappa shape index (κ1) is 12.2. The maximum atomic E-state index is 11.4. The summed E-state index contributed by atoms with van der Waals surface area (Å²) in [4.78, 5) is 22.0. The number of hydrogen-bond acceptors (Lipinski definition) is 4. The van der Waals surface area contributed by atoms with E-state index in [4.69, 9.17) is 4.74 Å². The molecule has 0 bridgehead atoms. The van der Waals surface area contributed by atoms with Gasteiger partial charge in [0.2, 0.25) is 5.78 Å². The van der Waals surface area contributed by atoms with Crippen LogP contribution in [0.1, 0.15) is 13.8 Å². The summed E-state index contributed by atoms with van der Waals surface area (Å²) in [7, 11) is 0. The molecule has 0 saturated heterocycles. The predicted molar refractivity (Wildman–Crippen MR) is 58.2 cm³/mol. The second kappa shape index (κ2) is 5.90. The molecule has 0 aliphatic carbocycles. The molecule has 4 heteroatoms. The number of carbonyl (C=O) groups excluding carboxylic acids is 2. The lowest BCUT2D eigenvalue weighted by atomic mass is 10.2. The van der Waals surface area contributed by atoms with Crippen molar-refractivity contribution in [3.63, 3.8) is 0 Å². The summed E-state index contributed by atoms with van der Waals surface area (Å²) >= 11 is 0. The molecule has 0 radical (unpaired) electrons. The molecule has 1 aromatic rings. The number of hydrogen-bond donors (Lipinski definition) is 0. The largest absolute Gasteiger partial charge is 0.483 e. The summed E-state index contributed by atoms with van der Waals surface area (Å²) in [5.74, 6) is -0.120. The molecule has 0 amide bonds. The van der Waals surface area contributed by atoms with Crippen molar-refractivity contribution in [2.24, 2.45) is 0 Å². The third-order valence-corrected chi connectivity index (χ3v) is 1.93. The van der Waals surface area contributed by atoms with E-state index in [1.54, 1.807) is 19.1 Å². The van der Waals surface area contributed by atoms with Crippen LogP contribution in [0.4, 0.5) is 0 Å². The van der Waals surface area contributed by atoms with Gasteiger partial charge in [0, 0.05) is 6.92 Å². The van der Waals surface area contributed by atoms with Gasteiger partial charge < -0.3 is 9.47 Å². The Balaban J connectivity index is 2.43. The van der Waals surface area contributed by atoms with Crippen molar-refractivity contribution in [1.29, 1.82) is 0 Å². The van der Waals surface area contributed by atoms with Gasteiger partial charge in [0.1, 0.15) is 5.75 Å². The Morgan fingerprint density at radius 2 is 1.88 bits per heavy atom. The van der Waals surface area contributed by atoms with Gasteiger partial charge in [-0.05, 0) is 19.1 Å². The lowest BCUT2D eigenvalue weighted by Gasteiger charge is -2.13. The molecule has 0 heterocycles. The first-order valence-corrected chi connectivity index (χ1v) is 4.97. The van der Waals surface area contributed by atoms with Gasteiger partial charge >= 0.3 is 5.97 Å². The summed E-state index contributed by atoms with van der Waals surface area (Å²) in [6.45, 7) is 2.64. The van der Waals surface area contributed by atoms with E-state index in [9.17, 15) is 9.59 Å². The third-order valence-electron chi connectivity index (χ3n) is 1.93. The van der Waals surface area contributed by atoms with Crippen LogP contribution in [0.15, 0.2) is 30.3 Å². The topological polar surface area (TPSA) is 52.6 Å². The lowest BCUT2D eigenvalue weighted by Crippen LogP contribution is -2.28. The Morgan fingerprint density at radius 1 is 1.25 bits per heavy atom. The quantitative estimate of drug-likeness (QED) is 0.710. The third kappa shape index (κ3) is 4.13. The number of rotatable bonds is 5. The molecule has 0 spiro atoms. The fourth-order valence-corrected chi connectivity index (χ4v) is 1.06. The van der Waals surface area contributed by atoms with Crippen molar-refractivity contribution in [3.05, 3.63) is 30.3 Å². The Bertz CT molecular complexity index is 359.